The highest BCUT2D eigenvalue weighted by molar-refractivity contribution is 6.30. The van der Waals surface area contributed by atoms with E-state index in [1.54, 1.807) is 12.1 Å². The van der Waals surface area contributed by atoms with Crippen molar-refractivity contribution in [2.45, 2.75) is 12.0 Å². The molecular weight excluding hydrogens is 284 g/mol. The third-order valence-corrected chi connectivity index (χ3v) is 3.53. The van der Waals surface area contributed by atoms with Crippen molar-refractivity contribution in [1.82, 2.24) is 0 Å². The molecule has 0 aromatic heterocycles. The summed E-state index contributed by atoms with van der Waals surface area (Å²) in [5.74, 6) is -1.97. The molecule has 0 heterocycles. The fourth-order valence-electron chi connectivity index (χ4n) is 2.16. The van der Waals surface area contributed by atoms with Gasteiger partial charge < -0.3 is 10.8 Å². The number of aliphatic hydroxyl groups is 1. The largest absolute Gasteiger partial charge is 0.388 e. The molecule has 20 heavy (non-hydrogen) atoms. The Morgan fingerprint density at radius 1 is 1.05 bits per heavy atom. The Hall–Kier alpha value is -1.49. The zero-order chi connectivity index (χ0) is 14.7. The highest BCUT2D eigenvalue weighted by Crippen LogP contribution is 2.34. The van der Waals surface area contributed by atoms with Crippen LogP contribution in [0.2, 0.25) is 5.02 Å². The second kappa shape index (κ2) is 6.31. The third kappa shape index (κ3) is 2.82. The monoisotopic (exact) mass is 297 g/mol. The smallest absolute Gasteiger partial charge is 0.145 e. The van der Waals surface area contributed by atoms with Crippen LogP contribution in [-0.4, -0.2) is 11.7 Å². The van der Waals surface area contributed by atoms with Crippen LogP contribution in [0.25, 0.3) is 0 Å². The zero-order valence-electron chi connectivity index (χ0n) is 10.6. The van der Waals surface area contributed by atoms with Crippen molar-refractivity contribution in [2.75, 3.05) is 6.54 Å². The van der Waals surface area contributed by atoms with Crippen molar-refractivity contribution in [3.63, 3.8) is 0 Å². The number of benzene rings is 2. The number of nitrogens with two attached hydrogens (primary N) is 1. The Morgan fingerprint density at radius 3 is 2.35 bits per heavy atom. The van der Waals surface area contributed by atoms with Crippen LogP contribution in [0.1, 0.15) is 23.1 Å². The average Bonchev–Trinajstić information content (AvgIpc) is 2.44. The first-order chi connectivity index (χ1) is 9.56. The minimum Gasteiger partial charge on any atom is -0.388 e. The average molecular weight is 298 g/mol. The van der Waals surface area contributed by atoms with E-state index in [0.29, 0.717) is 0 Å². The van der Waals surface area contributed by atoms with E-state index in [0.717, 1.165) is 0 Å². The number of aliphatic hydroxyl groups excluding tert-OH is 1. The van der Waals surface area contributed by atoms with Crippen molar-refractivity contribution in [2.24, 2.45) is 5.73 Å². The molecule has 0 spiro atoms. The van der Waals surface area contributed by atoms with Crippen molar-refractivity contribution in [1.29, 1.82) is 0 Å². The fraction of sp³-hybridized carbons (Fsp3) is 0.200. The van der Waals surface area contributed by atoms with Gasteiger partial charge in [-0.2, -0.15) is 0 Å². The second-order valence-electron chi connectivity index (χ2n) is 4.45. The number of halogens is 3. The van der Waals surface area contributed by atoms with E-state index in [-0.39, 0.29) is 22.7 Å². The number of rotatable bonds is 4. The van der Waals surface area contributed by atoms with Gasteiger partial charge >= 0.3 is 0 Å². The summed E-state index contributed by atoms with van der Waals surface area (Å²) in [7, 11) is 0. The third-order valence-electron chi connectivity index (χ3n) is 3.24. The van der Waals surface area contributed by atoms with E-state index in [9.17, 15) is 13.9 Å². The van der Waals surface area contributed by atoms with Crippen LogP contribution >= 0.6 is 11.6 Å². The molecule has 0 aliphatic rings. The molecule has 5 heteroatoms. The molecule has 3 N–H and O–H groups in total. The highest BCUT2D eigenvalue weighted by atomic mass is 35.5. The predicted octanol–water partition coefficient (Wildman–Crippen LogP) is 3.39. The highest BCUT2D eigenvalue weighted by Gasteiger charge is 2.26. The first-order valence-electron chi connectivity index (χ1n) is 6.12. The number of hydrogen-bond donors (Lipinski definition) is 2. The maximum absolute atomic E-state index is 14.0. The molecule has 2 aromatic carbocycles. The van der Waals surface area contributed by atoms with E-state index in [1.807, 2.05) is 0 Å². The molecule has 0 saturated heterocycles. The van der Waals surface area contributed by atoms with Crippen LogP contribution in [0.15, 0.2) is 42.5 Å². The van der Waals surface area contributed by atoms with Crippen LogP contribution in [0, 0.1) is 11.6 Å². The molecule has 2 rings (SSSR count). The maximum atomic E-state index is 14.0. The second-order valence-corrected chi connectivity index (χ2v) is 4.86. The summed E-state index contributed by atoms with van der Waals surface area (Å²) in [6.07, 6.45) is -1.24. The van der Waals surface area contributed by atoms with Gasteiger partial charge in [0.05, 0.1) is 11.1 Å². The first-order valence-corrected chi connectivity index (χ1v) is 6.50. The van der Waals surface area contributed by atoms with Crippen LogP contribution < -0.4 is 5.73 Å². The van der Waals surface area contributed by atoms with Crippen LogP contribution in [0.5, 0.6) is 0 Å². The van der Waals surface area contributed by atoms with Crippen molar-refractivity contribution in [3.05, 3.63) is 70.2 Å². The van der Waals surface area contributed by atoms with E-state index in [2.05, 4.69) is 0 Å². The Morgan fingerprint density at radius 2 is 1.70 bits per heavy atom. The van der Waals surface area contributed by atoms with Crippen LogP contribution in [0.3, 0.4) is 0 Å². The quantitative estimate of drug-likeness (QED) is 0.908. The van der Waals surface area contributed by atoms with Crippen molar-refractivity contribution in [3.8, 4) is 0 Å². The van der Waals surface area contributed by atoms with Crippen molar-refractivity contribution < 1.29 is 13.9 Å². The molecule has 0 amide bonds. The van der Waals surface area contributed by atoms with Crippen LogP contribution in [-0.2, 0) is 0 Å². The molecular formula is C15H14ClF2NO. The Kier molecular flexibility index (Phi) is 4.70. The van der Waals surface area contributed by atoms with Gasteiger partial charge in [0.2, 0.25) is 0 Å². The summed E-state index contributed by atoms with van der Waals surface area (Å²) < 4.78 is 27.7. The van der Waals surface area contributed by atoms with Gasteiger partial charge in [0.25, 0.3) is 0 Å². The molecule has 0 saturated carbocycles. The normalized spacial score (nSPS) is 14.1. The lowest BCUT2D eigenvalue weighted by atomic mass is 9.88. The van der Waals surface area contributed by atoms with E-state index < -0.39 is 23.7 Å². The minimum absolute atomic E-state index is 0.0350. The lowest BCUT2D eigenvalue weighted by Crippen LogP contribution is -2.22. The molecule has 106 valence electrons. The molecule has 0 bridgehead atoms. The van der Waals surface area contributed by atoms with E-state index >= 15 is 0 Å². The summed E-state index contributed by atoms with van der Waals surface area (Å²) in [6, 6.07) is 10.3. The molecule has 0 aliphatic carbocycles. The Bertz CT molecular complexity index is 606. The summed E-state index contributed by atoms with van der Waals surface area (Å²) in [5, 5.41) is 10.2. The van der Waals surface area contributed by atoms with Gasteiger partial charge in [0, 0.05) is 18.0 Å². The molecule has 0 radical (unpaired) electrons. The summed E-state index contributed by atoms with van der Waals surface area (Å²) in [5.41, 5.74) is 5.88. The SMILES string of the molecule is NCC(c1cccc(Cl)c1F)C(O)c1ccccc1F. The molecule has 2 unspecified atom stereocenters. The Balaban J connectivity index is 2.42. The molecule has 2 aromatic rings. The topological polar surface area (TPSA) is 46.2 Å². The van der Waals surface area contributed by atoms with E-state index in [1.165, 1.54) is 30.3 Å². The van der Waals surface area contributed by atoms with Gasteiger partial charge in [-0.1, -0.05) is 41.9 Å². The molecule has 2 atom stereocenters. The summed E-state index contributed by atoms with van der Waals surface area (Å²) in [6.45, 7) is -0.0350. The molecule has 0 fully saturated rings. The van der Waals surface area contributed by atoms with Gasteiger partial charge in [-0.25, -0.2) is 8.78 Å². The van der Waals surface area contributed by atoms with Gasteiger partial charge in [-0.05, 0) is 17.7 Å². The lowest BCUT2D eigenvalue weighted by Gasteiger charge is -2.23. The summed E-state index contributed by atoms with van der Waals surface area (Å²) >= 11 is 5.73. The number of hydrogen-bond acceptors (Lipinski definition) is 2. The van der Waals surface area contributed by atoms with E-state index in [4.69, 9.17) is 17.3 Å². The maximum Gasteiger partial charge on any atom is 0.145 e. The van der Waals surface area contributed by atoms with Gasteiger partial charge in [0.15, 0.2) is 0 Å². The minimum atomic E-state index is -1.24. The van der Waals surface area contributed by atoms with Gasteiger partial charge in [0.1, 0.15) is 11.6 Å². The first kappa shape index (κ1) is 14.9. The summed E-state index contributed by atoms with van der Waals surface area (Å²) in [4.78, 5) is 0. The lowest BCUT2D eigenvalue weighted by molar-refractivity contribution is 0.141. The Labute approximate surface area is 120 Å². The van der Waals surface area contributed by atoms with Crippen LogP contribution in [0.4, 0.5) is 8.78 Å². The zero-order valence-corrected chi connectivity index (χ0v) is 11.3. The molecule has 0 aliphatic heterocycles. The standard InChI is InChI=1S/C15H14ClF2NO/c16-12-6-3-5-9(14(12)18)11(8-19)15(20)10-4-1-2-7-13(10)17/h1-7,11,15,20H,8,19H2. The van der Waals surface area contributed by atoms with Crippen molar-refractivity contribution >= 4 is 11.6 Å². The fourth-order valence-corrected chi connectivity index (χ4v) is 2.35. The van der Waals surface area contributed by atoms with Gasteiger partial charge in [-0.3, -0.25) is 0 Å². The van der Waals surface area contributed by atoms with Gasteiger partial charge in [-0.15, -0.1) is 0 Å². The predicted molar refractivity (Wildman–Crippen MR) is 74.6 cm³/mol. The molecule has 2 nitrogen and oxygen atoms in total.